The molecule has 0 atom stereocenters. The highest BCUT2D eigenvalue weighted by Crippen LogP contribution is 2.17. The molecule has 3 aromatic heterocycles. The molecule has 110 valence electrons. The van der Waals surface area contributed by atoms with Crippen molar-refractivity contribution in [3.63, 3.8) is 0 Å². The number of pyridine rings is 1. The number of aromatic amines is 1. The average Bonchev–Trinajstić information content (AvgIpc) is 3.23. The molecule has 7 nitrogen and oxygen atoms in total. The molecule has 0 aliphatic carbocycles. The molecule has 0 radical (unpaired) electrons. The van der Waals surface area contributed by atoms with E-state index in [1.807, 2.05) is 17.0 Å². The minimum Gasteiger partial charge on any atom is -0.347 e. The molecule has 1 aliphatic heterocycles. The minimum absolute atomic E-state index is 0.0182. The maximum atomic E-state index is 12.6. The Morgan fingerprint density at radius 3 is 3.14 bits per heavy atom. The Morgan fingerprint density at radius 2 is 2.27 bits per heavy atom. The number of carbonyl (C=O) groups is 1. The smallest absolute Gasteiger partial charge is 0.257 e. The first-order valence-corrected chi connectivity index (χ1v) is 7.07. The third-order valence-electron chi connectivity index (χ3n) is 3.80. The van der Waals surface area contributed by atoms with E-state index in [0.29, 0.717) is 18.7 Å². The highest BCUT2D eigenvalue weighted by atomic mass is 16.2. The maximum Gasteiger partial charge on any atom is 0.257 e. The quantitative estimate of drug-likeness (QED) is 0.770. The third kappa shape index (κ3) is 2.16. The van der Waals surface area contributed by atoms with Gasteiger partial charge < -0.3 is 9.88 Å². The van der Waals surface area contributed by atoms with Crippen LogP contribution in [-0.4, -0.2) is 42.1 Å². The van der Waals surface area contributed by atoms with Crippen LogP contribution < -0.4 is 0 Å². The van der Waals surface area contributed by atoms with E-state index in [1.54, 1.807) is 35.8 Å². The molecule has 7 heteroatoms. The summed E-state index contributed by atoms with van der Waals surface area (Å²) in [7, 11) is 0. The first-order valence-electron chi connectivity index (χ1n) is 7.07. The van der Waals surface area contributed by atoms with Gasteiger partial charge in [-0.05, 0) is 12.1 Å². The number of carbonyl (C=O) groups excluding carboxylic acids is 1. The number of nitrogens with one attached hydrogen (secondary N) is 1. The van der Waals surface area contributed by atoms with E-state index in [1.165, 1.54) is 0 Å². The van der Waals surface area contributed by atoms with Crippen LogP contribution in [0.5, 0.6) is 0 Å². The van der Waals surface area contributed by atoms with E-state index < -0.39 is 0 Å². The highest BCUT2D eigenvalue weighted by Gasteiger charge is 2.24. The SMILES string of the molecule is O=C(c1cnn(-c2cccnc2)c1)N1CCc2nc[nH]c2C1. The summed E-state index contributed by atoms with van der Waals surface area (Å²) in [5.74, 6) is -0.0182. The molecule has 0 fully saturated rings. The normalized spacial score (nSPS) is 13.9. The van der Waals surface area contributed by atoms with E-state index in [2.05, 4.69) is 20.1 Å². The molecule has 22 heavy (non-hydrogen) atoms. The lowest BCUT2D eigenvalue weighted by Gasteiger charge is -2.25. The number of H-pyrrole nitrogens is 1. The van der Waals surface area contributed by atoms with Crippen LogP contribution in [0.2, 0.25) is 0 Å². The first-order chi connectivity index (χ1) is 10.8. The van der Waals surface area contributed by atoms with Gasteiger partial charge in [0.15, 0.2) is 0 Å². The summed E-state index contributed by atoms with van der Waals surface area (Å²) in [6.07, 6.45) is 9.20. The second-order valence-electron chi connectivity index (χ2n) is 5.19. The maximum absolute atomic E-state index is 12.6. The summed E-state index contributed by atoms with van der Waals surface area (Å²) in [5.41, 5.74) is 3.47. The number of rotatable bonds is 2. The number of nitrogens with zero attached hydrogens (tertiary/aromatic N) is 5. The molecule has 0 spiro atoms. The molecule has 0 saturated carbocycles. The van der Waals surface area contributed by atoms with Gasteiger partial charge in [0.05, 0.1) is 47.9 Å². The molecule has 0 bridgehead atoms. The molecule has 0 unspecified atom stereocenters. The van der Waals surface area contributed by atoms with Crippen molar-refractivity contribution in [2.75, 3.05) is 6.54 Å². The number of aromatic nitrogens is 5. The zero-order valence-corrected chi connectivity index (χ0v) is 11.8. The molecular formula is C15H14N6O. The monoisotopic (exact) mass is 294 g/mol. The predicted octanol–water partition coefficient (Wildman–Crippen LogP) is 1.19. The zero-order chi connectivity index (χ0) is 14.9. The Bertz CT molecular complexity index is 806. The zero-order valence-electron chi connectivity index (χ0n) is 11.8. The minimum atomic E-state index is -0.0182. The largest absolute Gasteiger partial charge is 0.347 e. The van der Waals surface area contributed by atoms with Crippen LogP contribution in [0.15, 0.2) is 43.2 Å². The molecule has 1 N–H and O–H groups in total. The molecule has 0 aromatic carbocycles. The van der Waals surface area contributed by atoms with Crippen LogP contribution in [-0.2, 0) is 13.0 Å². The van der Waals surface area contributed by atoms with Crippen molar-refractivity contribution in [3.05, 3.63) is 60.2 Å². The highest BCUT2D eigenvalue weighted by molar-refractivity contribution is 5.93. The Morgan fingerprint density at radius 1 is 1.32 bits per heavy atom. The van der Waals surface area contributed by atoms with Gasteiger partial charge in [-0.15, -0.1) is 0 Å². The fraction of sp³-hybridized carbons (Fsp3) is 0.200. The van der Waals surface area contributed by atoms with E-state index in [-0.39, 0.29) is 5.91 Å². The second-order valence-corrected chi connectivity index (χ2v) is 5.19. The molecule has 4 heterocycles. The molecule has 4 rings (SSSR count). The van der Waals surface area contributed by atoms with E-state index in [0.717, 1.165) is 23.5 Å². The number of fused-ring (bicyclic) bond motifs is 1. The van der Waals surface area contributed by atoms with Crippen molar-refractivity contribution in [2.24, 2.45) is 0 Å². The fourth-order valence-electron chi connectivity index (χ4n) is 2.63. The predicted molar refractivity (Wildman–Crippen MR) is 78.4 cm³/mol. The van der Waals surface area contributed by atoms with Crippen LogP contribution in [0.3, 0.4) is 0 Å². The van der Waals surface area contributed by atoms with Gasteiger partial charge in [0, 0.05) is 25.4 Å². The first kappa shape index (κ1) is 12.8. The van der Waals surface area contributed by atoms with Crippen LogP contribution in [0.4, 0.5) is 0 Å². The summed E-state index contributed by atoms with van der Waals surface area (Å²) >= 11 is 0. The van der Waals surface area contributed by atoms with Crippen LogP contribution in [0, 0.1) is 0 Å². The Balaban J connectivity index is 1.56. The molecule has 1 aliphatic rings. The number of hydrogen-bond acceptors (Lipinski definition) is 4. The van der Waals surface area contributed by atoms with Crippen molar-refractivity contribution in [1.82, 2.24) is 29.6 Å². The van der Waals surface area contributed by atoms with Gasteiger partial charge in [-0.2, -0.15) is 5.10 Å². The Kier molecular flexibility index (Phi) is 2.96. The van der Waals surface area contributed by atoms with Crippen LogP contribution in [0.1, 0.15) is 21.7 Å². The van der Waals surface area contributed by atoms with Gasteiger partial charge in [0.2, 0.25) is 0 Å². The summed E-state index contributed by atoms with van der Waals surface area (Å²) in [6.45, 7) is 1.24. The number of hydrogen-bond donors (Lipinski definition) is 1. The lowest BCUT2D eigenvalue weighted by atomic mass is 10.1. The molecule has 1 amide bonds. The van der Waals surface area contributed by atoms with Crippen molar-refractivity contribution < 1.29 is 4.79 Å². The van der Waals surface area contributed by atoms with Crippen molar-refractivity contribution in [1.29, 1.82) is 0 Å². The summed E-state index contributed by atoms with van der Waals surface area (Å²) in [4.78, 5) is 25.8. The van der Waals surface area contributed by atoms with Gasteiger partial charge in [-0.25, -0.2) is 9.67 Å². The Labute approximate surface area is 126 Å². The van der Waals surface area contributed by atoms with Crippen LogP contribution in [0.25, 0.3) is 5.69 Å². The molecule has 3 aromatic rings. The number of imidazole rings is 1. The van der Waals surface area contributed by atoms with Crippen LogP contribution >= 0.6 is 0 Å². The summed E-state index contributed by atoms with van der Waals surface area (Å²) in [5, 5.41) is 4.25. The van der Waals surface area contributed by atoms with Gasteiger partial charge >= 0.3 is 0 Å². The van der Waals surface area contributed by atoms with E-state index in [4.69, 9.17) is 0 Å². The standard InChI is InChI=1S/C15H14N6O/c22-15(20-5-3-13-14(9-20)18-10-17-13)11-6-19-21(8-11)12-2-1-4-16-7-12/h1-2,4,6-8,10H,3,5,9H2,(H,17,18). The average molecular weight is 294 g/mol. The number of amides is 1. The lowest BCUT2D eigenvalue weighted by molar-refractivity contribution is 0.0732. The fourth-order valence-corrected chi connectivity index (χ4v) is 2.63. The lowest BCUT2D eigenvalue weighted by Crippen LogP contribution is -2.35. The summed E-state index contributed by atoms with van der Waals surface area (Å²) in [6, 6.07) is 3.73. The van der Waals surface area contributed by atoms with E-state index >= 15 is 0 Å². The van der Waals surface area contributed by atoms with Gasteiger partial charge in [-0.3, -0.25) is 9.78 Å². The van der Waals surface area contributed by atoms with Crippen molar-refractivity contribution >= 4 is 5.91 Å². The summed E-state index contributed by atoms with van der Waals surface area (Å²) < 4.78 is 1.66. The Hall–Kier alpha value is -2.96. The second kappa shape index (κ2) is 5.10. The topological polar surface area (TPSA) is 79.7 Å². The van der Waals surface area contributed by atoms with Gasteiger partial charge in [-0.1, -0.05) is 0 Å². The van der Waals surface area contributed by atoms with Gasteiger partial charge in [0.25, 0.3) is 5.91 Å². The van der Waals surface area contributed by atoms with E-state index in [9.17, 15) is 4.79 Å². The molecular weight excluding hydrogens is 280 g/mol. The van der Waals surface area contributed by atoms with Crippen molar-refractivity contribution in [3.8, 4) is 5.69 Å². The molecule has 0 saturated heterocycles. The van der Waals surface area contributed by atoms with Gasteiger partial charge in [0.1, 0.15) is 0 Å². The third-order valence-corrected chi connectivity index (χ3v) is 3.80. The van der Waals surface area contributed by atoms with Crippen molar-refractivity contribution in [2.45, 2.75) is 13.0 Å².